The molecule has 8 nitrogen and oxygen atoms in total. The van der Waals surface area contributed by atoms with Crippen molar-refractivity contribution in [2.45, 2.75) is 44.0 Å². The van der Waals surface area contributed by atoms with E-state index in [9.17, 15) is 9.59 Å². The summed E-state index contributed by atoms with van der Waals surface area (Å²) in [5.41, 5.74) is 1.75. The van der Waals surface area contributed by atoms with E-state index in [2.05, 4.69) is 5.32 Å². The molecule has 3 N–H and O–H groups in total. The summed E-state index contributed by atoms with van der Waals surface area (Å²) >= 11 is 5.89. The number of urea groups is 1. The first-order valence-corrected chi connectivity index (χ1v) is 10.1. The highest BCUT2D eigenvalue weighted by Gasteiger charge is 2.56. The van der Waals surface area contributed by atoms with E-state index in [-0.39, 0.29) is 6.03 Å². The molecule has 1 heterocycles. The molecule has 30 heavy (non-hydrogen) atoms. The quantitative estimate of drug-likeness (QED) is 0.481. The molecule has 2 aliphatic rings. The van der Waals surface area contributed by atoms with E-state index in [1.165, 1.54) is 5.48 Å². The van der Waals surface area contributed by atoms with Crippen LogP contribution in [0.3, 0.4) is 0 Å². The maximum absolute atomic E-state index is 12.7. The van der Waals surface area contributed by atoms with Gasteiger partial charge in [0.05, 0.1) is 0 Å². The minimum atomic E-state index is -0.989. The van der Waals surface area contributed by atoms with Crippen LogP contribution in [0.4, 0.5) is 9.59 Å². The Hall–Kier alpha value is -2.97. The molecule has 1 saturated carbocycles. The first-order valence-electron chi connectivity index (χ1n) is 9.71. The number of benzene rings is 2. The Labute approximate surface area is 178 Å². The Morgan fingerprint density at radius 1 is 1.13 bits per heavy atom. The molecule has 4 rings (SSSR count). The number of ether oxygens (including phenoxy) is 2. The maximum Gasteiger partial charge on any atom is 0.433 e. The predicted octanol–water partition coefficient (Wildman–Crippen LogP) is 4.41. The number of carbonyl (C=O) groups excluding carboxylic acids is 2. The summed E-state index contributed by atoms with van der Waals surface area (Å²) in [6, 6.07) is 14.3. The fourth-order valence-electron chi connectivity index (χ4n) is 4.17. The topological polar surface area (TPSA) is 100 Å². The zero-order chi connectivity index (χ0) is 21.1. The summed E-state index contributed by atoms with van der Waals surface area (Å²) in [4.78, 5) is 25.9. The van der Waals surface area contributed by atoms with Gasteiger partial charge in [-0.25, -0.2) is 15.1 Å². The minimum absolute atomic E-state index is 0.297. The third kappa shape index (κ3) is 4.01. The first-order chi connectivity index (χ1) is 14.5. The van der Waals surface area contributed by atoms with Crippen molar-refractivity contribution in [1.29, 1.82) is 0 Å². The molecule has 1 saturated heterocycles. The largest absolute Gasteiger partial charge is 0.457 e. The van der Waals surface area contributed by atoms with Crippen LogP contribution in [0.1, 0.15) is 31.2 Å². The van der Waals surface area contributed by atoms with Crippen molar-refractivity contribution in [2.75, 3.05) is 0 Å². The van der Waals surface area contributed by atoms with Crippen LogP contribution >= 0.6 is 11.6 Å². The van der Waals surface area contributed by atoms with E-state index in [1.54, 1.807) is 29.2 Å². The molecule has 3 amide bonds. The number of hydrogen-bond acceptors (Lipinski definition) is 5. The molecule has 1 aliphatic carbocycles. The highest BCUT2D eigenvalue weighted by atomic mass is 35.5. The van der Waals surface area contributed by atoms with Gasteiger partial charge >= 0.3 is 12.1 Å². The number of nitrogens with one attached hydrogen (secondary N) is 2. The van der Waals surface area contributed by atoms with E-state index >= 15 is 0 Å². The van der Waals surface area contributed by atoms with Gasteiger partial charge in [-0.15, -0.1) is 0 Å². The molecular weight excluding hydrogens is 410 g/mol. The van der Waals surface area contributed by atoms with Gasteiger partial charge in [0.25, 0.3) is 0 Å². The van der Waals surface area contributed by atoms with Gasteiger partial charge < -0.3 is 19.7 Å². The van der Waals surface area contributed by atoms with Gasteiger partial charge in [-0.05, 0) is 54.8 Å². The van der Waals surface area contributed by atoms with Crippen molar-refractivity contribution in [1.82, 2.24) is 15.7 Å². The molecule has 0 unspecified atom stereocenters. The summed E-state index contributed by atoms with van der Waals surface area (Å²) in [7, 11) is 0. The van der Waals surface area contributed by atoms with Crippen LogP contribution in [0.5, 0.6) is 11.5 Å². The number of nitrogens with zero attached hydrogens (tertiary/aromatic N) is 1. The molecule has 1 aliphatic heterocycles. The molecule has 158 valence electrons. The second-order valence-corrected chi connectivity index (χ2v) is 7.88. The lowest BCUT2D eigenvalue weighted by Crippen LogP contribution is -2.51. The van der Waals surface area contributed by atoms with Gasteiger partial charge in [-0.3, -0.25) is 5.21 Å². The van der Waals surface area contributed by atoms with Crippen molar-refractivity contribution in [3.8, 4) is 11.5 Å². The SMILES string of the molecule is O=C(NO)O[C@H]1NC(=O)N(Cc2ccc(Oc3ccc(Cl)cc3)cc2)C12CCCC2. The lowest BCUT2D eigenvalue weighted by atomic mass is 9.94. The van der Waals surface area contributed by atoms with Crippen molar-refractivity contribution < 1.29 is 24.3 Å². The summed E-state index contributed by atoms with van der Waals surface area (Å²) in [5.74, 6) is 1.35. The summed E-state index contributed by atoms with van der Waals surface area (Å²) in [5, 5.41) is 12.1. The Bertz CT molecular complexity index is 913. The van der Waals surface area contributed by atoms with Crippen molar-refractivity contribution in [3.05, 3.63) is 59.1 Å². The molecule has 1 atom stereocenters. The third-order valence-corrected chi connectivity index (χ3v) is 5.88. The molecule has 9 heteroatoms. The highest BCUT2D eigenvalue weighted by Crippen LogP contribution is 2.42. The molecule has 0 aromatic heterocycles. The lowest BCUT2D eigenvalue weighted by molar-refractivity contribution is -0.00762. The molecule has 1 spiro atoms. The number of halogens is 1. The fraction of sp³-hybridized carbons (Fsp3) is 0.333. The van der Waals surface area contributed by atoms with Crippen LogP contribution < -0.4 is 15.5 Å². The van der Waals surface area contributed by atoms with E-state index < -0.39 is 17.9 Å². The predicted molar refractivity (Wildman–Crippen MR) is 108 cm³/mol. The highest BCUT2D eigenvalue weighted by molar-refractivity contribution is 6.30. The smallest absolute Gasteiger partial charge is 0.433 e. The molecule has 0 radical (unpaired) electrons. The van der Waals surface area contributed by atoms with Crippen LogP contribution in [0.25, 0.3) is 0 Å². The molecule has 0 bridgehead atoms. The lowest BCUT2D eigenvalue weighted by Gasteiger charge is -2.36. The monoisotopic (exact) mass is 431 g/mol. The summed E-state index contributed by atoms with van der Waals surface area (Å²) in [6.45, 7) is 0.369. The number of carbonyl (C=O) groups is 2. The minimum Gasteiger partial charge on any atom is -0.457 e. The molecule has 2 aromatic carbocycles. The molecule has 2 aromatic rings. The Morgan fingerprint density at radius 3 is 2.33 bits per heavy atom. The standard InChI is InChI=1S/C21H22ClN3O5/c22-15-5-9-17(10-6-15)29-16-7-3-14(4-8-16)13-25-19(26)23-18(30-20(27)24-28)21(25)11-1-2-12-21/h3-10,18,28H,1-2,11-13H2,(H,23,26)(H,24,27)/t18-/m1/s1. The number of hydroxylamine groups is 1. The zero-order valence-electron chi connectivity index (χ0n) is 16.1. The molecular formula is C21H22ClN3O5. The number of amides is 3. The average Bonchev–Trinajstić information content (AvgIpc) is 3.33. The van der Waals surface area contributed by atoms with Gasteiger partial charge in [-0.1, -0.05) is 36.6 Å². The van der Waals surface area contributed by atoms with Crippen molar-refractivity contribution in [3.63, 3.8) is 0 Å². The first kappa shape index (κ1) is 20.3. The van der Waals surface area contributed by atoms with Gasteiger partial charge in [-0.2, -0.15) is 0 Å². The van der Waals surface area contributed by atoms with Crippen LogP contribution in [-0.4, -0.2) is 34.0 Å². The van der Waals surface area contributed by atoms with Gasteiger partial charge in [0.2, 0.25) is 6.23 Å². The normalized spacial score (nSPS) is 19.6. The fourth-order valence-corrected chi connectivity index (χ4v) is 4.30. The van der Waals surface area contributed by atoms with Crippen LogP contribution in [0.15, 0.2) is 48.5 Å². The summed E-state index contributed by atoms with van der Waals surface area (Å²) in [6.07, 6.45) is 1.49. The van der Waals surface area contributed by atoms with E-state index in [0.29, 0.717) is 35.9 Å². The van der Waals surface area contributed by atoms with Crippen LogP contribution in [-0.2, 0) is 11.3 Å². The van der Waals surface area contributed by atoms with Crippen molar-refractivity contribution in [2.24, 2.45) is 0 Å². The Kier molecular flexibility index (Phi) is 5.69. The van der Waals surface area contributed by atoms with Gasteiger partial charge in [0.15, 0.2) is 0 Å². The second kappa shape index (κ2) is 8.41. The zero-order valence-corrected chi connectivity index (χ0v) is 16.9. The summed E-state index contributed by atoms with van der Waals surface area (Å²) < 4.78 is 11.0. The van der Waals surface area contributed by atoms with E-state index in [4.69, 9.17) is 26.3 Å². The Balaban J connectivity index is 1.47. The van der Waals surface area contributed by atoms with Gasteiger partial charge in [0.1, 0.15) is 17.0 Å². The average molecular weight is 432 g/mol. The molecule has 2 fully saturated rings. The van der Waals surface area contributed by atoms with Crippen LogP contribution in [0, 0.1) is 0 Å². The van der Waals surface area contributed by atoms with Crippen LogP contribution in [0.2, 0.25) is 5.02 Å². The van der Waals surface area contributed by atoms with Crippen molar-refractivity contribution >= 4 is 23.7 Å². The Morgan fingerprint density at radius 2 is 1.73 bits per heavy atom. The second-order valence-electron chi connectivity index (χ2n) is 7.44. The van der Waals surface area contributed by atoms with E-state index in [0.717, 1.165) is 18.4 Å². The number of hydrogen-bond donors (Lipinski definition) is 3. The number of rotatable bonds is 5. The third-order valence-electron chi connectivity index (χ3n) is 5.62. The van der Waals surface area contributed by atoms with Gasteiger partial charge in [0, 0.05) is 11.6 Å². The maximum atomic E-state index is 12.7. The van der Waals surface area contributed by atoms with E-state index in [1.807, 2.05) is 24.3 Å².